The standard InChI is InChI=1S/C11H17BrN4/c12-11-9-3-6-14-7-10(9)16(15-11)8-1-4-13-5-2-8/h8,13-14H,1-7H2. The van der Waals surface area contributed by atoms with Gasteiger partial charge in [0.2, 0.25) is 0 Å². The van der Waals surface area contributed by atoms with Crippen LogP contribution < -0.4 is 10.6 Å². The second-order valence-electron chi connectivity index (χ2n) is 4.57. The maximum Gasteiger partial charge on any atom is 0.131 e. The zero-order chi connectivity index (χ0) is 11.0. The Bertz CT molecular complexity index is 382. The SMILES string of the molecule is Brc1nn(C2CCNCC2)c2c1CCNC2. The Kier molecular flexibility index (Phi) is 3.00. The van der Waals surface area contributed by atoms with Crippen molar-refractivity contribution < 1.29 is 0 Å². The number of nitrogens with one attached hydrogen (secondary N) is 2. The molecule has 2 N–H and O–H groups in total. The molecule has 1 aromatic rings. The van der Waals surface area contributed by atoms with Gasteiger partial charge in [-0.1, -0.05) is 0 Å². The lowest BCUT2D eigenvalue weighted by atomic mass is 10.1. The fourth-order valence-corrected chi connectivity index (χ4v) is 3.28. The van der Waals surface area contributed by atoms with E-state index in [0.29, 0.717) is 6.04 Å². The normalized spacial score (nSPS) is 22.1. The first-order chi connectivity index (χ1) is 7.86. The van der Waals surface area contributed by atoms with Gasteiger partial charge in [-0.25, -0.2) is 0 Å². The average Bonchev–Trinajstić information content (AvgIpc) is 2.69. The van der Waals surface area contributed by atoms with E-state index in [1.807, 2.05) is 0 Å². The Hall–Kier alpha value is -0.390. The Morgan fingerprint density at radius 1 is 1.19 bits per heavy atom. The highest BCUT2D eigenvalue weighted by molar-refractivity contribution is 9.10. The summed E-state index contributed by atoms with van der Waals surface area (Å²) < 4.78 is 3.31. The largest absolute Gasteiger partial charge is 0.317 e. The van der Waals surface area contributed by atoms with Crippen molar-refractivity contribution in [2.45, 2.75) is 31.8 Å². The van der Waals surface area contributed by atoms with Crippen molar-refractivity contribution >= 4 is 15.9 Å². The molecule has 0 aliphatic carbocycles. The molecule has 3 rings (SSSR count). The van der Waals surface area contributed by atoms with Crippen molar-refractivity contribution in [1.82, 2.24) is 20.4 Å². The van der Waals surface area contributed by atoms with Crippen molar-refractivity contribution in [1.29, 1.82) is 0 Å². The number of rotatable bonds is 1. The number of aromatic nitrogens is 2. The van der Waals surface area contributed by atoms with Crippen LogP contribution in [0.25, 0.3) is 0 Å². The van der Waals surface area contributed by atoms with Gasteiger partial charge in [-0.3, -0.25) is 4.68 Å². The second kappa shape index (κ2) is 4.47. The van der Waals surface area contributed by atoms with Gasteiger partial charge < -0.3 is 10.6 Å². The lowest BCUT2D eigenvalue weighted by molar-refractivity contribution is 0.330. The highest BCUT2D eigenvalue weighted by Crippen LogP contribution is 2.28. The van der Waals surface area contributed by atoms with Crippen molar-refractivity contribution in [3.05, 3.63) is 15.9 Å². The molecule has 2 aliphatic heterocycles. The molecule has 3 heterocycles. The molecule has 2 aliphatic rings. The van der Waals surface area contributed by atoms with Crippen LogP contribution in [0.5, 0.6) is 0 Å². The summed E-state index contributed by atoms with van der Waals surface area (Å²) in [7, 11) is 0. The van der Waals surface area contributed by atoms with Crippen LogP contribution in [-0.2, 0) is 13.0 Å². The molecule has 4 nitrogen and oxygen atoms in total. The van der Waals surface area contributed by atoms with Crippen molar-refractivity contribution in [2.24, 2.45) is 0 Å². The van der Waals surface area contributed by atoms with Gasteiger partial charge in [0.05, 0.1) is 11.7 Å². The van der Waals surface area contributed by atoms with Crippen LogP contribution in [-0.4, -0.2) is 29.4 Å². The zero-order valence-corrected chi connectivity index (χ0v) is 10.9. The molecule has 88 valence electrons. The van der Waals surface area contributed by atoms with Crippen LogP contribution in [0.4, 0.5) is 0 Å². The molecule has 1 fully saturated rings. The highest BCUT2D eigenvalue weighted by Gasteiger charge is 2.24. The number of nitrogens with zero attached hydrogens (tertiary/aromatic N) is 2. The summed E-state index contributed by atoms with van der Waals surface area (Å²) in [6.07, 6.45) is 3.49. The van der Waals surface area contributed by atoms with E-state index in [2.05, 4.69) is 36.3 Å². The van der Waals surface area contributed by atoms with Crippen LogP contribution in [0.2, 0.25) is 0 Å². The van der Waals surface area contributed by atoms with Crippen LogP contribution in [0.15, 0.2) is 4.60 Å². The number of fused-ring (bicyclic) bond motifs is 1. The number of piperidine rings is 1. The fraction of sp³-hybridized carbons (Fsp3) is 0.727. The van der Waals surface area contributed by atoms with E-state index in [-0.39, 0.29) is 0 Å². The molecule has 16 heavy (non-hydrogen) atoms. The molecule has 0 unspecified atom stereocenters. The Balaban J connectivity index is 1.93. The predicted octanol–water partition coefficient (Wildman–Crippen LogP) is 1.22. The Morgan fingerprint density at radius 3 is 2.81 bits per heavy atom. The van der Waals surface area contributed by atoms with Gasteiger partial charge in [0, 0.05) is 12.1 Å². The van der Waals surface area contributed by atoms with E-state index in [9.17, 15) is 0 Å². The molecule has 0 amide bonds. The van der Waals surface area contributed by atoms with E-state index >= 15 is 0 Å². The molecule has 0 bridgehead atoms. The van der Waals surface area contributed by atoms with Crippen molar-refractivity contribution in [3.8, 4) is 0 Å². The topological polar surface area (TPSA) is 41.9 Å². The predicted molar refractivity (Wildman–Crippen MR) is 66.5 cm³/mol. The van der Waals surface area contributed by atoms with Gasteiger partial charge in [-0.05, 0) is 54.8 Å². The van der Waals surface area contributed by atoms with Crippen LogP contribution in [0, 0.1) is 0 Å². The lowest BCUT2D eigenvalue weighted by Gasteiger charge is -2.26. The molecule has 0 radical (unpaired) electrons. The van der Waals surface area contributed by atoms with E-state index in [1.165, 1.54) is 24.1 Å². The first-order valence-electron chi connectivity index (χ1n) is 6.03. The molecule has 1 aromatic heterocycles. The van der Waals surface area contributed by atoms with E-state index in [4.69, 9.17) is 0 Å². The number of halogens is 1. The average molecular weight is 285 g/mol. The summed E-state index contributed by atoms with van der Waals surface area (Å²) in [5, 5.41) is 11.5. The Morgan fingerprint density at radius 2 is 2.00 bits per heavy atom. The summed E-state index contributed by atoms with van der Waals surface area (Å²) in [6.45, 7) is 4.27. The third-order valence-electron chi connectivity index (χ3n) is 3.57. The summed E-state index contributed by atoms with van der Waals surface area (Å²) in [5.74, 6) is 0. The first-order valence-corrected chi connectivity index (χ1v) is 6.83. The first kappa shape index (κ1) is 10.7. The molecule has 0 spiro atoms. The maximum absolute atomic E-state index is 4.68. The number of hydrogen-bond donors (Lipinski definition) is 2. The lowest BCUT2D eigenvalue weighted by Crippen LogP contribution is -2.32. The van der Waals surface area contributed by atoms with Crippen molar-refractivity contribution in [2.75, 3.05) is 19.6 Å². The molecular formula is C11H17BrN4. The summed E-state index contributed by atoms with van der Waals surface area (Å²) in [5.41, 5.74) is 2.81. The monoisotopic (exact) mass is 284 g/mol. The van der Waals surface area contributed by atoms with E-state index in [0.717, 1.165) is 37.2 Å². The number of hydrogen-bond acceptors (Lipinski definition) is 3. The zero-order valence-electron chi connectivity index (χ0n) is 9.30. The molecule has 0 aromatic carbocycles. The molecule has 1 saturated heterocycles. The fourth-order valence-electron chi connectivity index (χ4n) is 2.68. The molecular weight excluding hydrogens is 268 g/mol. The Labute approximate surface area is 104 Å². The molecule has 5 heteroatoms. The molecule has 0 saturated carbocycles. The summed E-state index contributed by atoms with van der Waals surface area (Å²) >= 11 is 3.59. The minimum absolute atomic E-state index is 0.584. The molecule has 0 atom stereocenters. The quantitative estimate of drug-likeness (QED) is 0.815. The van der Waals surface area contributed by atoms with Gasteiger partial charge in [0.1, 0.15) is 4.60 Å². The van der Waals surface area contributed by atoms with Gasteiger partial charge >= 0.3 is 0 Å². The minimum Gasteiger partial charge on any atom is -0.317 e. The van der Waals surface area contributed by atoms with Gasteiger partial charge in [-0.2, -0.15) is 5.10 Å². The van der Waals surface area contributed by atoms with E-state index in [1.54, 1.807) is 0 Å². The van der Waals surface area contributed by atoms with Gasteiger partial charge in [-0.15, -0.1) is 0 Å². The maximum atomic E-state index is 4.68. The van der Waals surface area contributed by atoms with Crippen LogP contribution in [0.1, 0.15) is 30.1 Å². The van der Waals surface area contributed by atoms with Gasteiger partial charge in [0.25, 0.3) is 0 Å². The van der Waals surface area contributed by atoms with Gasteiger partial charge in [0.15, 0.2) is 0 Å². The third kappa shape index (κ3) is 1.81. The highest BCUT2D eigenvalue weighted by atomic mass is 79.9. The summed E-state index contributed by atoms with van der Waals surface area (Å²) in [6, 6.07) is 0.584. The second-order valence-corrected chi connectivity index (χ2v) is 5.32. The smallest absolute Gasteiger partial charge is 0.131 e. The van der Waals surface area contributed by atoms with E-state index < -0.39 is 0 Å². The minimum atomic E-state index is 0.584. The third-order valence-corrected chi connectivity index (χ3v) is 4.21. The van der Waals surface area contributed by atoms with Crippen LogP contribution in [0.3, 0.4) is 0 Å². The van der Waals surface area contributed by atoms with Crippen molar-refractivity contribution in [3.63, 3.8) is 0 Å². The van der Waals surface area contributed by atoms with Crippen LogP contribution >= 0.6 is 15.9 Å². The summed E-state index contributed by atoms with van der Waals surface area (Å²) in [4.78, 5) is 0.